The summed E-state index contributed by atoms with van der Waals surface area (Å²) in [7, 11) is 0. The van der Waals surface area contributed by atoms with Crippen molar-refractivity contribution in [2.45, 2.75) is 46.1 Å². The topological polar surface area (TPSA) is 46.0 Å². The molecule has 1 unspecified atom stereocenters. The molecule has 0 aliphatic heterocycles. The van der Waals surface area contributed by atoms with Crippen LogP contribution in [0.1, 0.15) is 56.3 Å². The fourth-order valence-electron chi connectivity index (χ4n) is 1.98. The van der Waals surface area contributed by atoms with E-state index >= 15 is 0 Å². The Kier molecular flexibility index (Phi) is 2.30. The molecule has 1 fully saturated rings. The van der Waals surface area contributed by atoms with Crippen LogP contribution in [0.4, 0.5) is 0 Å². The summed E-state index contributed by atoms with van der Waals surface area (Å²) in [5, 5.41) is 9.47. The average Bonchev–Trinajstić information content (AvgIpc) is 2.74. The fraction of sp³-hybridized carbons (Fsp3) is 0.667. The molecule has 1 heterocycles. The van der Waals surface area contributed by atoms with Gasteiger partial charge in [-0.3, -0.25) is 0 Å². The molecule has 2 atom stereocenters. The van der Waals surface area contributed by atoms with E-state index in [1.165, 1.54) is 6.42 Å². The fourth-order valence-corrected chi connectivity index (χ4v) is 1.98. The minimum absolute atomic E-state index is 0.360. The van der Waals surface area contributed by atoms with Crippen molar-refractivity contribution in [3.8, 4) is 0 Å². The van der Waals surface area contributed by atoms with Crippen LogP contribution in [0.3, 0.4) is 0 Å². The highest BCUT2D eigenvalue weighted by molar-refractivity contribution is 5.23. The molecule has 1 aliphatic rings. The molecule has 1 N–H and O–H groups in total. The number of hydrogen-bond donors (Lipinski definition) is 1. The molecule has 0 saturated heterocycles. The maximum Gasteiger partial charge on any atom is 0.132 e. The van der Waals surface area contributed by atoms with Gasteiger partial charge in [-0.25, -0.2) is 9.97 Å². The second-order valence-corrected chi connectivity index (χ2v) is 5.19. The SMILES string of the molecule is Cc1nc(C2CC2(C)C)ncc1[C@@H](C)O. The number of nitrogens with zero attached hydrogens (tertiary/aromatic N) is 2. The Labute approximate surface area is 90.6 Å². The summed E-state index contributed by atoms with van der Waals surface area (Å²) in [5.41, 5.74) is 2.09. The van der Waals surface area contributed by atoms with Gasteiger partial charge in [-0.1, -0.05) is 13.8 Å². The molecule has 0 amide bonds. The summed E-state index contributed by atoms with van der Waals surface area (Å²) in [6, 6.07) is 0. The van der Waals surface area contributed by atoms with Crippen molar-refractivity contribution in [3.05, 3.63) is 23.3 Å². The smallest absolute Gasteiger partial charge is 0.132 e. The van der Waals surface area contributed by atoms with Crippen molar-refractivity contribution in [2.75, 3.05) is 0 Å². The van der Waals surface area contributed by atoms with Crippen LogP contribution >= 0.6 is 0 Å². The third-order valence-corrected chi connectivity index (χ3v) is 3.31. The largest absolute Gasteiger partial charge is 0.389 e. The summed E-state index contributed by atoms with van der Waals surface area (Å²) in [6.45, 7) is 8.15. The predicted octanol–water partition coefficient (Wildman–Crippen LogP) is 2.35. The van der Waals surface area contributed by atoms with Gasteiger partial charge in [0.05, 0.1) is 6.10 Å². The molecule has 0 bridgehead atoms. The highest BCUT2D eigenvalue weighted by Gasteiger charge is 2.48. The molecule has 2 rings (SSSR count). The van der Waals surface area contributed by atoms with Gasteiger partial charge < -0.3 is 5.11 Å². The highest BCUT2D eigenvalue weighted by Crippen LogP contribution is 2.57. The zero-order valence-corrected chi connectivity index (χ0v) is 9.78. The van der Waals surface area contributed by atoms with E-state index in [1.807, 2.05) is 6.92 Å². The molecule has 3 heteroatoms. The Hall–Kier alpha value is -0.960. The second-order valence-electron chi connectivity index (χ2n) is 5.19. The van der Waals surface area contributed by atoms with Crippen molar-refractivity contribution in [1.82, 2.24) is 9.97 Å². The van der Waals surface area contributed by atoms with Crippen molar-refractivity contribution >= 4 is 0 Å². The first-order valence-corrected chi connectivity index (χ1v) is 5.43. The van der Waals surface area contributed by atoms with Crippen molar-refractivity contribution in [1.29, 1.82) is 0 Å². The number of aromatic nitrogens is 2. The quantitative estimate of drug-likeness (QED) is 0.808. The number of aryl methyl sites for hydroxylation is 1. The Morgan fingerprint density at radius 1 is 1.53 bits per heavy atom. The van der Waals surface area contributed by atoms with E-state index in [1.54, 1.807) is 13.1 Å². The minimum atomic E-state index is -0.480. The predicted molar refractivity (Wildman–Crippen MR) is 58.5 cm³/mol. The van der Waals surface area contributed by atoms with Gasteiger partial charge in [0, 0.05) is 23.4 Å². The lowest BCUT2D eigenvalue weighted by Crippen LogP contribution is -2.04. The summed E-state index contributed by atoms with van der Waals surface area (Å²) in [5.74, 6) is 1.43. The molecule has 0 aromatic carbocycles. The van der Waals surface area contributed by atoms with E-state index in [0.717, 1.165) is 17.1 Å². The van der Waals surface area contributed by atoms with Gasteiger partial charge in [-0.05, 0) is 25.7 Å². The Balaban J connectivity index is 2.27. The summed E-state index contributed by atoms with van der Waals surface area (Å²) < 4.78 is 0. The maximum absolute atomic E-state index is 9.47. The molecular formula is C12H18N2O. The number of rotatable bonds is 2. The first kappa shape index (κ1) is 10.6. The van der Waals surface area contributed by atoms with Crippen molar-refractivity contribution in [2.24, 2.45) is 5.41 Å². The number of aliphatic hydroxyl groups is 1. The van der Waals surface area contributed by atoms with Gasteiger partial charge in [0.2, 0.25) is 0 Å². The Bertz CT molecular complexity index is 385. The molecule has 0 radical (unpaired) electrons. The van der Waals surface area contributed by atoms with Gasteiger partial charge in [0.25, 0.3) is 0 Å². The maximum atomic E-state index is 9.47. The van der Waals surface area contributed by atoms with E-state index in [4.69, 9.17) is 0 Å². The number of aliphatic hydroxyl groups excluding tert-OH is 1. The van der Waals surface area contributed by atoms with Crippen LogP contribution < -0.4 is 0 Å². The summed E-state index contributed by atoms with van der Waals surface area (Å²) in [4.78, 5) is 8.83. The monoisotopic (exact) mass is 206 g/mol. The molecule has 1 aromatic rings. The van der Waals surface area contributed by atoms with E-state index in [0.29, 0.717) is 11.3 Å². The summed E-state index contributed by atoms with van der Waals surface area (Å²) in [6.07, 6.45) is 2.45. The van der Waals surface area contributed by atoms with E-state index in [-0.39, 0.29) is 0 Å². The molecule has 82 valence electrons. The zero-order valence-electron chi connectivity index (χ0n) is 9.78. The molecule has 15 heavy (non-hydrogen) atoms. The van der Waals surface area contributed by atoms with Gasteiger partial charge in [0.1, 0.15) is 5.82 Å². The van der Waals surface area contributed by atoms with Gasteiger partial charge in [-0.15, -0.1) is 0 Å². The van der Waals surface area contributed by atoms with Crippen LogP contribution in [0.15, 0.2) is 6.20 Å². The first-order valence-electron chi connectivity index (χ1n) is 5.43. The molecule has 1 saturated carbocycles. The Morgan fingerprint density at radius 2 is 2.13 bits per heavy atom. The zero-order chi connectivity index (χ0) is 11.2. The second kappa shape index (κ2) is 3.27. The van der Waals surface area contributed by atoms with Crippen LogP contribution in [0, 0.1) is 12.3 Å². The summed E-state index contributed by atoms with van der Waals surface area (Å²) >= 11 is 0. The van der Waals surface area contributed by atoms with Gasteiger partial charge >= 0.3 is 0 Å². The lowest BCUT2D eigenvalue weighted by atomic mass is 10.1. The molecule has 0 spiro atoms. The van der Waals surface area contributed by atoms with Crippen molar-refractivity contribution < 1.29 is 5.11 Å². The average molecular weight is 206 g/mol. The standard InChI is InChI=1S/C12H18N2O/c1-7-9(8(2)15)6-13-11(14-7)10-5-12(10,3)4/h6,8,10,15H,5H2,1-4H3/t8-,10?/m1/s1. The van der Waals surface area contributed by atoms with E-state index in [2.05, 4.69) is 23.8 Å². The third kappa shape index (κ3) is 1.88. The van der Waals surface area contributed by atoms with Crippen LogP contribution in [0.25, 0.3) is 0 Å². The molecule has 1 aliphatic carbocycles. The van der Waals surface area contributed by atoms with E-state index < -0.39 is 6.10 Å². The normalized spacial score (nSPS) is 25.0. The lowest BCUT2D eigenvalue weighted by Gasteiger charge is -2.09. The first-order chi connectivity index (χ1) is 6.92. The van der Waals surface area contributed by atoms with Gasteiger partial charge in [0.15, 0.2) is 0 Å². The molecule has 1 aromatic heterocycles. The number of hydrogen-bond acceptors (Lipinski definition) is 3. The lowest BCUT2D eigenvalue weighted by molar-refractivity contribution is 0.197. The highest BCUT2D eigenvalue weighted by atomic mass is 16.3. The van der Waals surface area contributed by atoms with Crippen LogP contribution in [0.5, 0.6) is 0 Å². The Morgan fingerprint density at radius 3 is 2.53 bits per heavy atom. The van der Waals surface area contributed by atoms with Crippen LogP contribution in [-0.2, 0) is 0 Å². The minimum Gasteiger partial charge on any atom is -0.389 e. The van der Waals surface area contributed by atoms with Gasteiger partial charge in [-0.2, -0.15) is 0 Å². The van der Waals surface area contributed by atoms with Crippen LogP contribution in [0.2, 0.25) is 0 Å². The van der Waals surface area contributed by atoms with Crippen LogP contribution in [-0.4, -0.2) is 15.1 Å². The molecular weight excluding hydrogens is 188 g/mol. The van der Waals surface area contributed by atoms with E-state index in [9.17, 15) is 5.11 Å². The molecule has 3 nitrogen and oxygen atoms in total. The van der Waals surface area contributed by atoms with Crippen molar-refractivity contribution in [3.63, 3.8) is 0 Å². The third-order valence-electron chi connectivity index (χ3n) is 3.31.